The minimum absolute atomic E-state index is 0.131. The molecular formula is C56H92O6. The van der Waals surface area contributed by atoms with Gasteiger partial charge < -0.3 is 14.2 Å². The number of hydrogen-bond donors (Lipinski definition) is 0. The van der Waals surface area contributed by atoms with E-state index in [4.69, 9.17) is 14.2 Å². The molecule has 0 spiro atoms. The van der Waals surface area contributed by atoms with Crippen LogP contribution in [0.25, 0.3) is 0 Å². The van der Waals surface area contributed by atoms with E-state index in [0.29, 0.717) is 12.8 Å². The summed E-state index contributed by atoms with van der Waals surface area (Å²) in [5.41, 5.74) is 0. The highest BCUT2D eigenvalue weighted by atomic mass is 16.6. The average molecular weight is 861 g/mol. The van der Waals surface area contributed by atoms with Crippen molar-refractivity contribution in [2.75, 3.05) is 13.2 Å². The number of rotatable bonds is 44. The number of esters is 3. The minimum atomic E-state index is -0.830. The first-order valence-corrected chi connectivity index (χ1v) is 25.2. The van der Waals surface area contributed by atoms with E-state index in [1.165, 1.54) is 83.5 Å². The molecule has 0 aliphatic carbocycles. The van der Waals surface area contributed by atoms with Gasteiger partial charge in [-0.25, -0.2) is 0 Å². The molecule has 6 nitrogen and oxygen atoms in total. The van der Waals surface area contributed by atoms with Gasteiger partial charge in [0, 0.05) is 19.3 Å². The van der Waals surface area contributed by atoms with E-state index in [9.17, 15) is 14.4 Å². The molecule has 0 heterocycles. The predicted octanol–water partition coefficient (Wildman–Crippen LogP) is 16.6. The first-order chi connectivity index (χ1) is 30.5. The van der Waals surface area contributed by atoms with E-state index in [1.54, 1.807) is 0 Å². The van der Waals surface area contributed by atoms with Crippen LogP contribution in [0.5, 0.6) is 0 Å². The van der Waals surface area contributed by atoms with Crippen LogP contribution in [0.15, 0.2) is 97.2 Å². The summed E-state index contributed by atoms with van der Waals surface area (Å²) in [5.74, 6) is -1.07. The highest BCUT2D eigenvalue weighted by molar-refractivity contribution is 5.71. The van der Waals surface area contributed by atoms with Gasteiger partial charge in [-0.3, -0.25) is 14.4 Å². The molecule has 0 aromatic rings. The lowest BCUT2D eigenvalue weighted by atomic mass is 10.1. The number of hydrogen-bond acceptors (Lipinski definition) is 6. The van der Waals surface area contributed by atoms with Gasteiger partial charge in [0.15, 0.2) is 6.10 Å². The van der Waals surface area contributed by atoms with Crippen molar-refractivity contribution in [1.29, 1.82) is 0 Å². The highest BCUT2D eigenvalue weighted by Gasteiger charge is 2.19. The molecule has 1 unspecified atom stereocenters. The molecule has 0 saturated carbocycles. The van der Waals surface area contributed by atoms with Gasteiger partial charge in [0.05, 0.1) is 0 Å². The summed E-state index contributed by atoms with van der Waals surface area (Å²) >= 11 is 0. The normalized spacial score (nSPS) is 12.9. The number of unbranched alkanes of at least 4 members (excludes halogenated alkanes) is 17. The SMILES string of the molecule is CC/C=C/C/C=C/C/C=C/C/C=C/C/C=C/CCCC(=O)OCC(COC(=O)CC/C=C/C/C=C/CCCCCCCC)OC(=O)CCCCC/C=C/CCCCCCCCC. The van der Waals surface area contributed by atoms with E-state index in [1.807, 2.05) is 6.08 Å². The van der Waals surface area contributed by atoms with Crippen LogP contribution in [-0.4, -0.2) is 37.2 Å². The first-order valence-electron chi connectivity index (χ1n) is 25.2. The monoisotopic (exact) mass is 861 g/mol. The smallest absolute Gasteiger partial charge is 0.306 e. The van der Waals surface area contributed by atoms with Crippen LogP contribution in [-0.2, 0) is 28.6 Å². The quantitative estimate of drug-likeness (QED) is 0.0263. The van der Waals surface area contributed by atoms with Crippen molar-refractivity contribution >= 4 is 17.9 Å². The highest BCUT2D eigenvalue weighted by Crippen LogP contribution is 2.12. The average Bonchev–Trinajstić information content (AvgIpc) is 3.27. The molecule has 0 rings (SSSR count). The van der Waals surface area contributed by atoms with Crippen LogP contribution in [0, 0.1) is 0 Å². The van der Waals surface area contributed by atoms with Gasteiger partial charge in [0.1, 0.15) is 13.2 Å². The lowest BCUT2D eigenvalue weighted by Crippen LogP contribution is -2.30. The molecule has 0 fully saturated rings. The first kappa shape index (κ1) is 58.3. The van der Waals surface area contributed by atoms with Crippen LogP contribution in [0.1, 0.15) is 220 Å². The molecule has 62 heavy (non-hydrogen) atoms. The second-order valence-corrected chi connectivity index (χ2v) is 16.3. The maximum Gasteiger partial charge on any atom is 0.306 e. The summed E-state index contributed by atoms with van der Waals surface area (Å²) < 4.78 is 16.6. The third-order valence-electron chi connectivity index (χ3n) is 10.3. The summed E-state index contributed by atoms with van der Waals surface area (Å²) in [5, 5.41) is 0. The summed E-state index contributed by atoms with van der Waals surface area (Å²) in [7, 11) is 0. The molecule has 0 radical (unpaired) electrons. The van der Waals surface area contributed by atoms with Gasteiger partial charge in [-0.05, 0) is 103 Å². The molecule has 352 valence electrons. The summed E-state index contributed by atoms with van der Waals surface area (Å²) in [6, 6.07) is 0. The molecule has 1 atom stereocenters. The second kappa shape index (κ2) is 50.0. The summed E-state index contributed by atoms with van der Waals surface area (Å²) in [6.45, 7) is 6.38. The van der Waals surface area contributed by atoms with Crippen molar-refractivity contribution in [1.82, 2.24) is 0 Å². The number of carbonyl (C=O) groups is 3. The van der Waals surface area contributed by atoms with Crippen molar-refractivity contribution in [2.24, 2.45) is 0 Å². The van der Waals surface area contributed by atoms with Gasteiger partial charge in [-0.15, -0.1) is 0 Å². The van der Waals surface area contributed by atoms with Crippen LogP contribution in [0.4, 0.5) is 0 Å². The van der Waals surface area contributed by atoms with E-state index >= 15 is 0 Å². The molecule has 0 saturated heterocycles. The van der Waals surface area contributed by atoms with Gasteiger partial charge in [-0.1, -0.05) is 195 Å². The lowest BCUT2D eigenvalue weighted by molar-refractivity contribution is -0.166. The van der Waals surface area contributed by atoms with E-state index in [2.05, 4.69) is 112 Å². The van der Waals surface area contributed by atoms with Crippen molar-refractivity contribution < 1.29 is 28.6 Å². The Morgan fingerprint density at radius 2 is 0.677 bits per heavy atom. The Labute approximate surface area is 381 Å². The number of carbonyl (C=O) groups excluding carboxylic acids is 3. The topological polar surface area (TPSA) is 78.9 Å². The Bertz CT molecular complexity index is 1260. The van der Waals surface area contributed by atoms with Crippen molar-refractivity contribution in [2.45, 2.75) is 226 Å². The van der Waals surface area contributed by atoms with Gasteiger partial charge in [0.25, 0.3) is 0 Å². The second-order valence-electron chi connectivity index (χ2n) is 16.3. The Morgan fingerprint density at radius 1 is 0.339 bits per heavy atom. The molecule has 0 N–H and O–H groups in total. The molecule has 0 aliphatic rings. The van der Waals surface area contributed by atoms with Crippen LogP contribution < -0.4 is 0 Å². The Hall–Kier alpha value is -3.67. The van der Waals surface area contributed by atoms with E-state index < -0.39 is 6.10 Å². The fourth-order valence-corrected chi connectivity index (χ4v) is 6.52. The van der Waals surface area contributed by atoms with Gasteiger partial charge in [-0.2, -0.15) is 0 Å². The van der Waals surface area contributed by atoms with Crippen LogP contribution in [0.3, 0.4) is 0 Å². The summed E-state index contributed by atoms with van der Waals surface area (Å²) in [4.78, 5) is 37.9. The predicted molar refractivity (Wildman–Crippen MR) is 265 cm³/mol. The molecule has 0 amide bonds. The largest absolute Gasteiger partial charge is 0.462 e. The van der Waals surface area contributed by atoms with Gasteiger partial charge in [0.2, 0.25) is 0 Å². The summed E-state index contributed by atoms with van der Waals surface area (Å²) in [6.07, 6.45) is 65.5. The fourth-order valence-electron chi connectivity index (χ4n) is 6.52. The maximum atomic E-state index is 12.8. The zero-order valence-corrected chi connectivity index (χ0v) is 40.1. The van der Waals surface area contributed by atoms with Crippen molar-refractivity contribution in [3.63, 3.8) is 0 Å². The van der Waals surface area contributed by atoms with E-state index in [0.717, 1.165) is 83.5 Å². The third-order valence-corrected chi connectivity index (χ3v) is 10.3. The molecule has 6 heteroatoms. The minimum Gasteiger partial charge on any atom is -0.462 e. The molecule has 0 bridgehead atoms. The third kappa shape index (κ3) is 47.4. The zero-order chi connectivity index (χ0) is 45.1. The Kier molecular flexibility index (Phi) is 47.0. The number of ether oxygens (including phenoxy) is 3. The Morgan fingerprint density at radius 3 is 1.15 bits per heavy atom. The molecule has 0 aromatic heterocycles. The molecular weight excluding hydrogens is 769 g/mol. The number of allylic oxidation sites excluding steroid dienone is 16. The van der Waals surface area contributed by atoms with Crippen molar-refractivity contribution in [3.8, 4) is 0 Å². The van der Waals surface area contributed by atoms with Crippen LogP contribution in [0.2, 0.25) is 0 Å². The maximum absolute atomic E-state index is 12.8. The zero-order valence-electron chi connectivity index (χ0n) is 40.1. The Balaban J connectivity index is 4.57. The van der Waals surface area contributed by atoms with E-state index in [-0.39, 0.29) is 50.4 Å². The van der Waals surface area contributed by atoms with Crippen LogP contribution >= 0.6 is 0 Å². The molecule has 0 aromatic carbocycles. The molecule has 0 aliphatic heterocycles. The standard InChI is InChI=1S/C56H92O6/c1-4-7-10-13-16-19-22-25-27-28-29-32-34-37-40-43-46-49-55(58)61-52-53(51-60-54(57)48-45-42-39-36-33-30-24-21-18-15-12-9-6-3)62-56(59)50-47-44-41-38-35-31-26-23-20-17-14-11-8-5-2/h7,10,16,19,25,27,29-33,35,37,39-40,42,53H,4-6,8-9,11-15,17-18,20-24,26,28,34,36,38,41,43-52H2,1-3H3/b10-7+,19-16+,27-25+,32-29+,33-30+,35-31+,40-37+,42-39+. The van der Waals surface area contributed by atoms with Crippen molar-refractivity contribution in [3.05, 3.63) is 97.2 Å². The fraction of sp³-hybridized carbons (Fsp3) is 0.661. The lowest BCUT2D eigenvalue weighted by Gasteiger charge is -2.18. The van der Waals surface area contributed by atoms with Gasteiger partial charge >= 0.3 is 17.9 Å².